The predicted octanol–water partition coefficient (Wildman–Crippen LogP) is 3.35. The molecule has 0 unspecified atom stereocenters. The van der Waals surface area contributed by atoms with Gasteiger partial charge in [0.05, 0.1) is 5.02 Å². The minimum atomic E-state index is -1.15. The number of rotatable bonds is 4. The topological polar surface area (TPSA) is 59.7 Å². The monoisotopic (exact) mass is 270 g/mol. The van der Waals surface area contributed by atoms with Crippen molar-refractivity contribution >= 4 is 17.6 Å². The number of carbonyl (C=O) groups is 1. The fourth-order valence-electron chi connectivity index (χ4n) is 1.29. The molecule has 0 radical (unpaired) electrons. The van der Waals surface area contributed by atoms with E-state index in [2.05, 4.69) is 0 Å². The first-order valence-corrected chi connectivity index (χ1v) is 5.34. The van der Waals surface area contributed by atoms with Crippen LogP contribution in [0, 0.1) is 5.82 Å². The van der Waals surface area contributed by atoms with Crippen molar-refractivity contribution in [2.75, 3.05) is 0 Å². The zero-order chi connectivity index (χ0) is 13.1. The lowest BCUT2D eigenvalue weighted by molar-refractivity contribution is 0.0658. The molecule has 1 N–H and O–H groups in total. The van der Waals surface area contributed by atoms with Gasteiger partial charge in [-0.2, -0.15) is 0 Å². The van der Waals surface area contributed by atoms with Gasteiger partial charge in [-0.15, -0.1) is 0 Å². The second-order valence-electron chi connectivity index (χ2n) is 3.44. The Morgan fingerprint density at radius 3 is 2.78 bits per heavy atom. The molecule has 18 heavy (non-hydrogen) atoms. The Bertz CT molecular complexity index is 579. The number of furan rings is 1. The molecule has 4 nitrogen and oxygen atoms in total. The van der Waals surface area contributed by atoms with Gasteiger partial charge in [-0.05, 0) is 24.3 Å². The summed E-state index contributed by atoms with van der Waals surface area (Å²) in [4.78, 5) is 10.6. The highest BCUT2D eigenvalue weighted by atomic mass is 35.5. The summed E-state index contributed by atoms with van der Waals surface area (Å²) < 4.78 is 23.3. The average molecular weight is 271 g/mol. The molecule has 0 bridgehead atoms. The molecule has 94 valence electrons. The molecule has 1 heterocycles. The van der Waals surface area contributed by atoms with Crippen LogP contribution in [0.25, 0.3) is 0 Å². The fraction of sp³-hybridized carbons (Fsp3) is 0.0833. The van der Waals surface area contributed by atoms with E-state index in [9.17, 15) is 9.18 Å². The summed E-state index contributed by atoms with van der Waals surface area (Å²) >= 11 is 5.52. The van der Waals surface area contributed by atoms with Crippen LogP contribution >= 0.6 is 11.6 Å². The second kappa shape index (κ2) is 5.10. The maximum absolute atomic E-state index is 13.1. The maximum Gasteiger partial charge on any atom is 0.371 e. The van der Waals surface area contributed by atoms with Crippen molar-refractivity contribution in [3.05, 3.63) is 52.7 Å². The summed E-state index contributed by atoms with van der Waals surface area (Å²) in [5.41, 5.74) is 0. The summed E-state index contributed by atoms with van der Waals surface area (Å²) in [6, 6.07) is 6.83. The third kappa shape index (κ3) is 2.81. The van der Waals surface area contributed by atoms with Gasteiger partial charge in [0.2, 0.25) is 5.76 Å². The number of halogens is 2. The molecular formula is C12H8ClFO4. The lowest BCUT2D eigenvalue weighted by Gasteiger charge is -2.04. The minimum Gasteiger partial charge on any atom is -0.486 e. The summed E-state index contributed by atoms with van der Waals surface area (Å²) in [5, 5.41) is 8.66. The summed E-state index contributed by atoms with van der Waals surface area (Å²) in [6.07, 6.45) is 0. The number of hydrogen-bond acceptors (Lipinski definition) is 3. The molecule has 6 heteroatoms. The molecule has 0 aliphatic carbocycles. The molecule has 2 aromatic rings. The van der Waals surface area contributed by atoms with E-state index in [-0.39, 0.29) is 23.1 Å². The molecule has 0 spiro atoms. The van der Waals surface area contributed by atoms with Crippen molar-refractivity contribution in [3.63, 3.8) is 0 Å². The van der Waals surface area contributed by atoms with Gasteiger partial charge in [0, 0.05) is 6.07 Å². The van der Waals surface area contributed by atoms with Crippen LogP contribution < -0.4 is 4.74 Å². The molecule has 1 aromatic carbocycles. The Kier molecular flexibility index (Phi) is 3.53. The lowest BCUT2D eigenvalue weighted by atomic mass is 10.3. The molecule has 2 rings (SSSR count). The molecule has 1 aromatic heterocycles. The quantitative estimate of drug-likeness (QED) is 0.925. The van der Waals surface area contributed by atoms with Gasteiger partial charge in [0.15, 0.2) is 0 Å². The third-order valence-corrected chi connectivity index (χ3v) is 2.45. The van der Waals surface area contributed by atoms with Gasteiger partial charge in [0.1, 0.15) is 23.9 Å². The second-order valence-corrected chi connectivity index (χ2v) is 3.84. The zero-order valence-corrected chi connectivity index (χ0v) is 9.78. The van der Waals surface area contributed by atoms with E-state index in [1.54, 1.807) is 0 Å². The Balaban J connectivity index is 2.02. The van der Waals surface area contributed by atoms with Crippen molar-refractivity contribution in [2.45, 2.75) is 6.61 Å². The normalized spacial score (nSPS) is 10.3. The predicted molar refractivity (Wildman–Crippen MR) is 61.4 cm³/mol. The maximum atomic E-state index is 13.1. The molecule has 0 aliphatic rings. The van der Waals surface area contributed by atoms with E-state index in [4.69, 9.17) is 25.9 Å². The van der Waals surface area contributed by atoms with Crippen molar-refractivity contribution < 1.29 is 23.4 Å². The van der Waals surface area contributed by atoms with E-state index in [1.807, 2.05) is 0 Å². The Labute approximate surface area is 107 Å². The number of aromatic carboxylic acids is 1. The van der Waals surface area contributed by atoms with Crippen LogP contribution in [0.4, 0.5) is 4.39 Å². The molecule has 0 saturated carbocycles. The van der Waals surface area contributed by atoms with Crippen molar-refractivity contribution in [3.8, 4) is 5.75 Å². The number of benzene rings is 1. The van der Waals surface area contributed by atoms with Crippen molar-refractivity contribution in [1.82, 2.24) is 0 Å². The van der Waals surface area contributed by atoms with E-state index in [0.717, 1.165) is 6.07 Å². The molecule has 0 fully saturated rings. The van der Waals surface area contributed by atoms with Crippen LogP contribution in [0.2, 0.25) is 5.02 Å². The highest BCUT2D eigenvalue weighted by Gasteiger charge is 2.09. The Hall–Kier alpha value is -2.01. The fourth-order valence-corrected chi connectivity index (χ4v) is 1.41. The van der Waals surface area contributed by atoms with E-state index < -0.39 is 11.8 Å². The van der Waals surface area contributed by atoms with Crippen LogP contribution in [-0.2, 0) is 6.61 Å². The van der Waals surface area contributed by atoms with Gasteiger partial charge in [-0.25, -0.2) is 9.18 Å². The molecule has 0 amide bonds. The van der Waals surface area contributed by atoms with Crippen LogP contribution in [0.3, 0.4) is 0 Å². The van der Waals surface area contributed by atoms with Crippen LogP contribution in [0.1, 0.15) is 16.3 Å². The number of hydrogen-bond donors (Lipinski definition) is 1. The summed E-state index contributed by atoms with van der Waals surface area (Å²) in [5.74, 6) is -1.29. The first-order valence-electron chi connectivity index (χ1n) is 4.96. The zero-order valence-electron chi connectivity index (χ0n) is 9.02. The van der Waals surface area contributed by atoms with Crippen molar-refractivity contribution in [1.29, 1.82) is 0 Å². The number of carboxylic acid groups (broad SMARTS) is 1. The van der Waals surface area contributed by atoms with Gasteiger partial charge in [0.25, 0.3) is 0 Å². The molecule has 0 atom stereocenters. The summed E-state index contributed by atoms with van der Waals surface area (Å²) in [7, 11) is 0. The van der Waals surface area contributed by atoms with Gasteiger partial charge in [-0.3, -0.25) is 0 Å². The van der Waals surface area contributed by atoms with Gasteiger partial charge >= 0.3 is 5.97 Å². The largest absolute Gasteiger partial charge is 0.486 e. The average Bonchev–Trinajstić information content (AvgIpc) is 2.79. The Morgan fingerprint density at radius 2 is 2.17 bits per heavy atom. The summed E-state index contributed by atoms with van der Waals surface area (Å²) in [6.45, 7) is 0.00829. The molecule has 0 aliphatic heterocycles. The lowest BCUT2D eigenvalue weighted by Crippen LogP contribution is -1.95. The van der Waals surface area contributed by atoms with Crippen molar-refractivity contribution in [2.24, 2.45) is 0 Å². The Morgan fingerprint density at radius 1 is 1.39 bits per heavy atom. The van der Waals surface area contributed by atoms with Crippen LogP contribution in [0.5, 0.6) is 5.75 Å². The minimum absolute atomic E-state index is 0.00788. The highest BCUT2D eigenvalue weighted by Crippen LogP contribution is 2.21. The van der Waals surface area contributed by atoms with E-state index >= 15 is 0 Å². The standard InChI is InChI=1S/C12H8ClFO4/c13-9-3-1-7(5-10(9)14)17-6-8-2-4-11(18-8)12(15)16/h1-5H,6H2,(H,15,16). The number of carboxylic acids is 1. The number of ether oxygens (including phenoxy) is 1. The molecule has 0 saturated heterocycles. The van der Waals surface area contributed by atoms with Crippen LogP contribution in [-0.4, -0.2) is 11.1 Å². The van der Waals surface area contributed by atoms with E-state index in [1.165, 1.54) is 24.3 Å². The first kappa shape index (κ1) is 12.4. The van der Waals surface area contributed by atoms with E-state index in [0.29, 0.717) is 5.76 Å². The highest BCUT2D eigenvalue weighted by molar-refractivity contribution is 6.30. The van der Waals surface area contributed by atoms with Gasteiger partial charge < -0.3 is 14.3 Å². The smallest absolute Gasteiger partial charge is 0.371 e. The van der Waals surface area contributed by atoms with Gasteiger partial charge in [-0.1, -0.05) is 11.6 Å². The SMILES string of the molecule is O=C(O)c1ccc(COc2ccc(Cl)c(F)c2)o1. The van der Waals surface area contributed by atoms with Crippen LogP contribution in [0.15, 0.2) is 34.7 Å². The first-order chi connectivity index (χ1) is 8.56. The third-order valence-electron chi connectivity index (χ3n) is 2.14. The molecular weight excluding hydrogens is 263 g/mol.